The lowest BCUT2D eigenvalue weighted by Gasteiger charge is -2.07. The maximum absolute atomic E-state index is 5.81. The highest BCUT2D eigenvalue weighted by atomic mass is 35.5. The number of benzene rings is 1. The number of rotatable bonds is 4. The van der Waals surface area contributed by atoms with Gasteiger partial charge < -0.3 is 5.32 Å². The van der Waals surface area contributed by atoms with E-state index in [0.717, 1.165) is 17.0 Å². The summed E-state index contributed by atoms with van der Waals surface area (Å²) in [5, 5.41) is 3.23. The second-order valence-corrected chi connectivity index (χ2v) is 4.55. The van der Waals surface area contributed by atoms with Crippen molar-refractivity contribution in [2.75, 3.05) is 5.32 Å². The number of nitrogens with zero attached hydrogens (tertiary/aromatic N) is 2. The van der Waals surface area contributed by atoms with E-state index in [1.54, 1.807) is 0 Å². The number of hydrogen-bond acceptors (Lipinski definition) is 3. The first-order valence-electron chi connectivity index (χ1n) is 5.87. The molecule has 3 nitrogen and oxygen atoms in total. The second-order valence-electron chi connectivity index (χ2n) is 4.28. The van der Waals surface area contributed by atoms with Gasteiger partial charge in [0, 0.05) is 23.8 Å². The SMILES string of the molecule is Cc1cc(C)nc(NCc2cccc(CCl)c2)n1. The predicted molar refractivity (Wildman–Crippen MR) is 74.8 cm³/mol. The lowest BCUT2D eigenvalue weighted by molar-refractivity contribution is 1.00. The minimum absolute atomic E-state index is 0.536. The van der Waals surface area contributed by atoms with Gasteiger partial charge in [-0.2, -0.15) is 0 Å². The summed E-state index contributed by atoms with van der Waals surface area (Å²) in [5.41, 5.74) is 4.24. The van der Waals surface area contributed by atoms with E-state index in [1.807, 2.05) is 32.0 Å². The fourth-order valence-corrected chi connectivity index (χ4v) is 1.98. The maximum atomic E-state index is 5.81. The monoisotopic (exact) mass is 261 g/mol. The van der Waals surface area contributed by atoms with Crippen LogP contribution in [-0.2, 0) is 12.4 Å². The number of anilines is 1. The minimum Gasteiger partial charge on any atom is -0.350 e. The van der Waals surface area contributed by atoms with E-state index in [9.17, 15) is 0 Å². The van der Waals surface area contributed by atoms with Gasteiger partial charge in [-0.05, 0) is 31.0 Å². The molecule has 0 radical (unpaired) electrons. The molecule has 1 aromatic carbocycles. The summed E-state index contributed by atoms with van der Waals surface area (Å²) in [6.07, 6.45) is 0. The predicted octanol–water partition coefficient (Wildman–Crippen LogP) is 3.44. The quantitative estimate of drug-likeness (QED) is 0.857. The largest absolute Gasteiger partial charge is 0.350 e. The van der Waals surface area contributed by atoms with Crippen molar-refractivity contribution in [3.8, 4) is 0 Å². The van der Waals surface area contributed by atoms with Crippen LogP contribution >= 0.6 is 11.6 Å². The van der Waals surface area contributed by atoms with Gasteiger partial charge in [-0.1, -0.05) is 24.3 Å². The van der Waals surface area contributed by atoms with E-state index in [2.05, 4.69) is 27.4 Å². The topological polar surface area (TPSA) is 37.8 Å². The zero-order chi connectivity index (χ0) is 13.0. The van der Waals surface area contributed by atoms with Crippen molar-refractivity contribution in [2.24, 2.45) is 0 Å². The van der Waals surface area contributed by atoms with Crippen LogP contribution in [0.5, 0.6) is 0 Å². The Bertz CT molecular complexity index is 520. The summed E-state index contributed by atoms with van der Waals surface area (Å²) in [7, 11) is 0. The van der Waals surface area contributed by atoms with Gasteiger partial charge in [-0.3, -0.25) is 0 Å². The fourth-order valence-electron chi connectivity index (χ4n) is 1.81. The third-order valence-electron chi connectivity index (χ3n) is 2.58. The zero-order valence-electron chi connectivity index (χ0n) is 10.6. The van der Waals surface area contributed by atoms with Gasteiger partial charge in [0.2, 0.25) is 5.95 Å². The summed E-state index contributed by atoms with van der Waals surface area (Å²) in [6, 6.07) is 10.1. The highest BCUT2D eigenvalue weighted by molar-refractivity contribution is 6.17. The molecule has 0 aliphatic carbocycles. The normalized spacial score (nSPS) is 10.4. The van der Waals surface area contributed by atoms with Gasteiger partial charge in [0.05, 0.1) is 0 Å². The molecule has 0 atom stereocenters. The van der Waals surface area contributed by atoms with Crippen molar-refractivity contribution in [2.45, 2.75) is 26.3 Å². The Morgan fingerprint density at radius 1 is 1.06 bits per heavy atom. The highest BCUT2D eigenvalue weighted by Crippen LogP contribution is 2.10. The van der Waals surface area contributed by atoms with E-state index < -0.39 is 0 Å². The molecule has 4 heteroatoms. The van der Waals surface area contributed by atoms with Crippen LogP contribution in [-0.4, -0.2) is 9.97 Å². The summed E-state index contributed by atoms with van der Waals surface area (Å²) in [4.78, 5) is 8.69. The van der Waals surface area contributed by atoms with E-state index in [4.69, 9.17) is 11.6 Å². The molecular weight excluding hydrogens is 246 g/mol. The number of aryl methyl sites for hydroxylation is 2. The zero-order valence-corrected chi connectivity index (χ0v) is 11.3. The molecule has 2 aromatic rings. The van der Waals surface area contributed by atoms with Crippen LogP contribution in [0.1, 0.15) is 22.5 Å². The summed E-state index contributed by atoms with van der Waals surface area (Å²) in [5.74, 6) is 1.21. The molecule has 0 amide bonds. The van der Waals surface area contributed by atoms with E-state index in [1.165, 1.54) is 5.56 Å². The Kier molecular flexibility index (Phi) is 4.15. The van der Waals surface area contributed by atoms with Crippen LogP contribution < -0.4 is 5.32 Å². The number of nitrogens with one attached hydrogen (secondary N) is 1. The van der Waals surface area contributed by atoms with Crippen LogP contribution in [0.15, 0.2) is 30.3 Å². The highest BCUT2D eigenvalue weighted by Gasteiger charge is 2.00. The summed E-state index contributed by atoms with van der Waals surface area (Å²) < 4.78 is 0. The lowest BCUT2D eigenvalue weighted by atomic mass is 10.1. The lowest BCUT2D eigenvalue weighted by Crippen LogP contribution is -2.05. The van der Waals surface area contributed by atoms with Crippen LogP contribution in [0.2, 0.25) is 0 Å². The smallest absolute Gasteiger partial charge is 0.223 e. The molecule has 0 unspecified atom stereocenters. The van der Waals surface area contributed by atoms with Crippen molar-refractivity contribution in [3.05, 3.63) is 52.8 Å². The number of halogens is 1. The first-order valence-corrected chi connectivity index (χ1v) is 6.41. The molecule has 0 saturated carbocycles. The average Bonchev–Trinajstić information content (AvgIpc) is 2.35. The van der Waals surface area contributed by atoms with Crippen molar-refractivity contribution < 1.29 is 0 Å². The van der Waals surface area contributed by atoms with Crippen molar-refractivity contribution in [3.63, 3.8) is 0 Å². The molecule has 2 rings (SSSR count). The molecule has 1 aromatic heterocycles. The van der Waals surface area contributed by atoms with Crippen LogP contribution in [0.3, 0.4) is 0 Å². The van der Waals surface area contributed by atoms with Crippen LogP contribution in [0.25, 0.3) is 0 Å². The van der Waals surface area contributed by atoms with Gasteiger partial charge in [0.25, 0.3) is 0 Å². The third kappa shape index (κ3) is 3.44. The molecule has 0 bridgehead atoms. The molecule has 0 spiro atoms. The van der Waals surface area contributed by atoms with E-state index in [0.29, 0.717) is 18.4 Å². The fraction of sp³-hybridized carbons (Fsp3) is 0.286. The third-order valence-corrected chi connectivity index (χ3v) is 2.89. The van der Waals surface area contributed by atoms with Gasteiger partial charge in [0.1, 0.15) is 0 Å². The second kappa shape index (κ2) is 5.83. The average molecular weight is 262 g/mol. The standard InChI is InChI=1S/C14H16ClN3/c1-10-6-11(2)18-14(17-10)16-9-13-5-3-4-12(7-13)8-15/h3-7H,8-9H2,1-2H3,(H,16,17,18). The molecule has 18 heavy (non-hydrogen) atoms. The first-order chi connectivity index (χ1) is 8.67. The molecule has 1 N–H and O–H groups in total. The summed E-state index contributed by atoms with van der Waals surface area (Å²) >= 11 is 5.81. The van der Waals surface area contributed by atoms with Gasteiger partial charge in [-0.15, -0.1) is 11.6 Å². The molecule has 0 aliphatic heterocycles. The Balaban J connectivity index is 2.06. The van der Waals surface area contributed by atoms with E-state index >= 15 is 0 Å². The van der Waals surface area contributed by atoms with Crippen molar-refractivity contribution >= 4 is 17.5 Å². The molecular formula is C14H16ClN3. The van der Waals surface area contributed by atoms with Crippen LogP contribution in [0.4, 0.5) is 5.95 Å². The Labute approximate surface area is 112 Å². The molecule has 0 fully saturated rings. The molecule has 1 heterocycles. The summed E-state index contributed by atoms with van der Waals surface area (Å²) in [6.45, 7) is 4.63. The van der Waals surface area contributed by atoms with Crippen LogP contribution in [0, 0.1) is 13.8 Å². The number of hydrogen-bond donors (Lipinski definition) is 1. The Morgan fingerprint density at radius 2 is 1.72 bits per heavy atom. The Morgan fingerprint density at radius 3 is 2.39 bits per heavy atom. The maximum Gasteiger partial charge on any atom is 0.223 e. The van der Waals surface area contributed by atoms with Gasteiger partial charge in [-0.25, -0.2) is 9.97 Å². The first kappa shape index (κ1) is 12.8. The number of alkyl halides is 1. The minimum atomic E-state index is 0.536. The number of aromatic nitrogens is 2. The van der Waals surface area contributed by atoms with Crippen molar-refractivity contribution in [1.82, 2.24) is 9.97 Å². The molecule has 0 saturated heterocycles. The van der Waals surface area contributed by atoms with Gasteiger partial charge >= 0.3 is 0 Å². The van der Waals surface area contributed by atoms with Crippen molar-refractivity contribution in [1.29, 1.82) is 0 Å². The van der Waals surface area contributed by atoms with Gasteiger partial charge in [0.15, 0.2) is 0 Å². The molecule has 94 valence electrons. The Hall–Kier alpha value is -1.61. The molecule has 0 aliphatic rings. The van der Waals surface area contributed by atoms with E-state index in [-0.39, 0.29) is 0 Å².